The Kier molecular flexibility index (Phi) is 3.11. The highest BCUT2D eigenvalue weighted by atomic mass is 16.7. The smallest absolute Gasteiger partial charge is 0.298 e. The predicted molar refractivity (Wildman–Crippen MR) is 51.8 cm³/mol. The molecular weight excluding hydrogens is 216 g/mol. The van der Waals surface area contributed by atoms with Crippen molar-refractivity contribution in [2.45, 2.75) is 0 Å². The van der Waals surface area contributed by atoms with Gasteiger partial charge in [0.15, 0.2) is 18.3 Å². The lowest BCUT2D eigenvalue weighted by atomic mass is 10.2. The number of fused-ring (bicyclic) bond motifs is 1. The number of rotatable bonds is 5. The molecule has 1 aromatic rings. The Hall–Kier alpha value is -1.95. The van der Waals surface area contributed by atoms with Gasteiger partial charge in [-0.1, -0.05) is 0 Å². The van der Waals surface area contributed by atoms with Crippen LogP contribution in [0.5, 0.6) is 23.0 Å². The summed E-state index contributed by atoms with van der Waals surface area (Å²) in [5, 5.41) is 0. The lowest BCUT2D eigenvalue weighted by molar-refractivity contribution is -0.121. The van der Waals surface area contributed by atoms with E-state index in [1.807, 2.05) is 0 Å². The van der Waals surface area contributed by atoms with Crippen LogP contribution in [0.2, 0.25) is 0 Å². The van der Waals surface area contributed by atoms with Crippen molar-refractivity contribution in [2.24, 2.45) is 0 Å². The van der Waals surface area contributed by atoms with Crippen molar-refractivity contribution < 1.29 is 28.5 Å². The fourth-order valence-corrected chi connectivity index (χ4v) is 1.32. The van der Waals surface area contributed by atoms with Crippen molar-refractivity contribution >= 4 is 6.47 Å². The minimum absolute atomic E-state index is 0.0505. The van der Waals surface area contributed by atoms with Crippen LogP contribution in [-0.4, -0.2) is 27.2 Å². The molecule has 2 rings (SSSR count). The van der Waals surface area contributed by atoms with Gasteiger partial charge in [-0.15, -0.1) is 0 Å². The molecule has 0 amide bonds. The van der Waals surface area contributed by atoms with Crippen LogP contribution in [0.3, 0.4) is 0 Å². The van der Waals surface area contributed by atoms with Crippen molar-refractivity contribution in [2.75, 3.05) is 20.7 Å². The second-order valence-electron chi connectivity index (χ2n) is 2.89. The van der Waals surface area contributed by atoms with Gasteiger partial charge in [-0.2, -0.15) is 0 Å². The molecule has 0 aliphatic carbocycles. The van der Waals surface area contributed by atoms with Gasteiger partial charge in [-0.3, -0.25) is 4.79 Å². The average Bonchev–Trinajstić information content (AvgIpc) is 2.76. The molecule has 0 aromatic heterocycles. The first kappa shape index (κ1) is 10.6. The van der Waals surface area contributed by atoms with E-state index in [4.69, 9.17) is 23.7 Å². The van der Waals surface area contributed by atoms with Crippen LogP contribution in [0.15, 0.2) is 12.1 Å². The van der Waals surface area contributed by atoms with E-state index in [1.54, 1.807) is 12.1 Å². The van der Waals surface area contributed by atoms with E-state index in [0.29, 0.717) is 23.7 Å². The van der Waals surface area contributed by atoms with E-state index in [-0.39, 0.29) is 19.3 Å². The maximum atomic E-state index is 10.4. The molecule has 0 atom stereocenters. The Balaban J connectivity index is 2.32. The van der Waals surface area contributed by atoms with Crippen molar-refractivity contribution in [3.8, 4) is 23.0 Å². The van der Waals surface area contributed by atoms with Crippen LogP contribution < -0.4 is 18.9 Å². The molecular formula is C10H10O6. The first-order valence-corrected chi connectivity index (χ1v) is 4.51. The molecule has 0 N–H and O–H groups in total. The van der Waals surface area contributed by atoms with Crippen molar-refractivity contribution in [1.29, 1.82) is 0 Å². The van der Waals surface area contributed by atoms with E-state index in [1.165, 1.54) is 7.11 Å². The van der Waals surface area contributed by atoms with Gasteiger partial charge in [0.2, 0.25) is 18.3 Å². The number of ether oxygens (including phenoxy) is 5. The summed E-state index contributed by atoms with van der Waals surface area (Å²) in [4.78, 5) is 10.4. The first-order valence-electron chi connectivity index (χ1n) is 4.51. The second kappa shape index (κ2) is 4.71. The lowest BCUT2D eigenvalue weighted by Gasteiger charge is -2.10. The average molecular weight is 226 g/mol. The van der Waals surface area contributed by atoms with Crippen LogP contribution >= 0.6 is 0 Å². The number of carbonyl (C=O) groups excluding carboxylic acids is 1. The van der Waals surface area contributed by atoms with Crippen LogP contribution in [0.25, 0.3) is 0 Å². The van der Waals surface area contributed by atoms with Crippen LogP contribution in [0.4, 0.5) is 0 Å². The molecule has 0 bridgehead atoms. The Morgan fingerprint density at radius 2 is 2.31 bits per heavy atom. The predicted octanol–water partition coefficient (Wildman–Crippen LogP) is 0.933. The third kappa shape index (κ3) is 1.87. The molecule has 0 saturated carbocycles. The molecule has 16 heavy (non-hydrogen) atoms. The summed E-state index contributed by atoms with van der Waals surface area (Å²) in [5.41, 5.74) is 0. The van der Waals surface area contributed by atoms with Gasteiger partial charge in [-0.05, 0) is 12.1 Å². The molecule has 0 radical (unpaired) electrons. The van der Waals surface area contributed by atoms with Gasteiger partial charge >= 0.3 is 0 Å². The molecule has 1 aliphatic heterocycles. The van der Waals surface area contributed by atoms with Gasteiger partial charge in [0.05, 0.1) is 0 Å². The van der Waals surface area contributed by atoms with Crippen molar-refractivity contribution in [3.05, 3.63) is 12.1 Å². The summed E-state index contributed by atoms with van der Waals surface area (Å²) in [6.07, 6.45) is 0. The fraction of sp³-hybridized carbons (Fsp3) is 0.300. The number of hydrogen-bond donors (Lipinski definition) is 0. The standard InChI is InChI=1S/C10H10O6/c1-12-5-14-7-2-3-8-10(16-6-15-8)9(7)13-4-11/h2-4H,5-6H2,1H3. The minimum Gasteiger partial charge on any atom is -0.463 e. The SMILES string of the molecule is COCOc1ccc2c(c1OC=O)OCO2. The van der Waals surface area contributed by atoms with Gasteiger partial charge in [0.25, 0.3) is 6.47 Å². The molecule has 86 valence electrons. The zero-order valence-corrected chi connectivity index (χ0v) is 8.60. The highest BCUT2D eigenvalue weighted by Gasteiger charge is 2.23. The first-order chi connectivity index (χ1) is 7.86. The summed E-state index contributed by atoms with van der Waals surface area (Å²) in [5.74, 6) is 1.43. The van der Waals surface area contributed by atoms with E-state index in [9.17, 15) is 4.79 Å². The molecule has 1 heterocycles. The maximum absolute atomic E-state index is 10.4. The van der Waals surface area contributed by atoms with Crippen LogP contribution in [-0.2, 0) is 9.53 Å². The molecule has 0 unspecified atom stereocenters. The third-order valence-electron chi connectivity index (χ3n) is 1.96. The Bertz CT molecular complexity index is 389. The number of carbonyl (C=O) groups is 1. The fourth-order valence-electron chi connectivity index (χ4n) is 1.32. The van der Waals surface area contributed by atoms with Crippen molar-refractivity contribution in [1.82, 2.24) is 0 Å². The molecule has 0 fully saturated rings. The molecule has 6 heteroatoms. The van der Waals surface area contributed by atoms with E-state index in [0.717, 1.165) is 0 Å². The highest BCUT2D eigenvalue weighted by molar-refractivity contribution is 5.63. The normalized spacial score (nSPS) is 12.3. The summed E-state index contributed by atoms with van der Waals surface area (Å²) >= 11 is 0. The van der Waals surface area contributed by atoms with Gasteiger partial charge in [0.1, 0.15) is 0 Å². The van der Waals surface area contributed by atoms with E-state index >= 15 is 0 Å². The zero-order chi connectivity index (χ0) is 11.4. The topological polar surface area (TPSA) is 63.2 Å². The highest BCUT2D eigenvalue weighted by Crippen LogP contribution is 2.46. The largest absolute Gasteiger partial charge is 0.463 e. The Labute approximate surface area is 91.6 Å². The molecule has 1 aromatic carbocycles. The maximum Gasteiger partial charge on any atom is 0.298 e. The molecule has 0 saturated heterocycles. The monoisotopic (exact) mass is 226 g/mol. The van der Waals surface area contributed by atoms with E-state index in [2.05, 4.69) is 0 Å². The van der Waals surface area contributed by atoms with Crippen LogP contribution in [0, 0.1) is 0 Å². The second-order valence-corrected chi connectivity index (χ2v) is 2.89. The Morgan fingerprint density at radius 3 is 3.06 bits per heavy atom. The Morgan fingerprint density at radius 1 is 1.44 bits per heavy atom. The van der Waals surface area contributed by atoms with E-state index < -0.39 is 0 Å². The quantitative estimate of drug-likeness (QED) is 0.549. The van der Waals surface area contributed by atoms with Gasteiger partial charge in [-0.25, -0.2) is 0 Å². The van der Waals surface area contributed by atoms with Crippen molar-refractivity contribution in [3.63, 3.8) is 0 Å². The number of hydrogen-bond acceptors (Lipinski definition) is 6. The van der Waals surface area contributed by atoms with Gasteiger partial charge in [0, 0.05) is 7.11 Å². The zero-order valence-electron chi connectivity index (χ0n) is 8.60. The molecule has 0 spiro atoms. The minimum atomic E-state index is 0.0505. The lowest BCUT2D eigenvalue weighted by Crippen LogP contribution is -2.02. The summed E-state index contributed by atoms with van der Waals surface area (Å²) in [6.45, 7) is 0.449. The summed E-state index contributed by atoms with van der Waals surface area (Å²) in [6, 6.07) is 3.29. The number of methoxy groups -OCH3 is 1. The summed E-state index contributed by atoms with van der Waals surface area (Å²) < 4.78 is 25.1. The van der Waals surface area contributed by atoms with Crippen LogP contribution in [0.1, 0.15) is 0 Å². The molecule has 1 aliphatic rings. The van der Waals surface area contributed by atoms with Gasteiger partial charge < -0.3 is 23.7 Å². The molecule has 6 nitrogen and oxygen atoms in total. The third-order valence-corrected chi connectivity index (χ3v) is 1.96. The summed E-state index contributed by atoms with van der Waals surface area (Å²) in [7, 11) is 1.49. The number of benzene rings is 1.